The molecule has 0 radical (unpaired) electrons. The van der Waals surface area contributed by atoms with Gasteiger partial charge in [-0.3, -0.25) is 4.79 Å². The first-order valence-corrected chi connectivity index (χ1v) is 5.24. The predicted octanol–water partition coefficient (Wildman–Crippen LogP) is 0.823. The molecule has 88 valence electrons. The van der Waals surface area contributed by atoms with Gasteiger partial charge in [0.25, 0.3) is 0 Å². The van der Waals surface area contributed by atoms with E-state index in [2.05, 4.69) is 10.3 Å². The van der Waals surface area contributed by atoms with E-state index in [0.29, 0.717) is 12.1 Å². The van der Waals surface area contributed by atoms with Crippen molar-refractivity contribution < 1.29 is 4.79 Å². The van der Waals surface area contributed by atoms with Gasteiger partial charge in [-0.15, -0.1) is 0 Å². The number of carbonyl (C=O) groups is 1. The number of nitrogens with two attached hydrogens (primary N) is 1. The number of nitrogens with one attached hydrogen (secondary N) is 1. The zero-order chi connectivity index (χ0) is 12.1. The maximum Gasteiger partial charge on any atom is 0.241 e. The van der Waals surface area contributed by atoms with Crippen molar-refractivity contribution in [1.82, 2.24) is 4.98 Å². The van der Waals surface area contributed by atoms with Crippen LogP contribution < -0.4 is 16.0 Å². The zero-order valence-corrected chi connectivity index (χ0v) is 9.90. The fourth-order valence-electron chi connectivity index (χ4n) is 1.14. The summed E-state index contributed by atoms with van der Waals surface area (Å²) in [6.07, 6.45) is 2.24. The minimum atomic E-state index is -0.464. The van der Waals surface area contributed by atoms with E-state index < -0.39 is 6.04 Å². The molecule has 1 aromatic rings. The van der Waals surface area contributed by atoms with Gasteiger partial charge in [-0.1, -0.05) is 6.92 Å². The Morgan fingerprint density at radius 1 is 1.56 bits per heavy atom. The van der Waals surface area contributed by atoms with Gasteiger partial charge in [-0.25, -0.2) is 4.98 Å². The van der Waals surface area contributed by atoms with Gasteiger partial charge >= 0.3 is 0 Å². The Morgan fingerprint density at radius 3 is 2.69 bits per heavy atom. The average Bonchev–Trinajstić information content (AvgIpc) is 2.28. The molecule has 0 aromatic carbocycles. The third-order valence-electron chi connectivity index (χ3n) is 2.25. The van der Waals surface area contributed by atoms with Crippen molar-refractivity contribution in [3.8, 4) is 0 Å². The Balaban J connectivity index is 2.65. The summed E-state index contributed by atoms with van der Waals surface area (Å²) in [7, 11) is 3.82. The number of carbonyl (C=O) groups excluding carboxylic acids is 1. The molecule has 1 atom stereocenters. The third kappa shape index (κ3) is 3.20. The smallest absolute Gasteiger partial charge is 0.241 e. The van der Waals surface area contributed by atoms with E-state index in [9.17, 15) is 4.79 Å². The van der Waals surface area contributed by atoms with Crippen LogP contribution >= 0.6 is 0 Å². The fourth-order valence-corrected chi connectivity index (χ4v) is 1.14. The summed E-state index contributed by atoms with van der Waals surface area (Å²) < 4.78 is 0. The summed E-state index contributed by atoms with van der Waals surface area (Å²) in [6, 6.07) is 3.18. The molecule has 5 nitrogen and oxygen atoms in total. The number of hydrogen-bond acceptors (Lipinski definition) is 4. The molecule has 0 aliphatic carbocycles. The van der Waals surface area contributed by atoms with Crippen LogP contribution in [0.2, 0.25) is 0 Å². The molecule has 0 bridgehead atoms. The van der Waals surface area contributed by atoms with Gasteiger partial charge < -0.3 is 16.0 Å². The van der Waals surface area contributed by atoms with E-state index in [-0.39, 0.29) is 5.91 Å². The molecule has 5 heteroatoms. The molecule has 1 heterocycles. The second-order valence-electron chi connectivity index (χ2n) is 3.80. The van der Waals surface area contributed by atoms with E-state index >= 15 is 0 Å². The van der Waals surface area contributed by atoms with Crippen molar-refractivity contribution in [1.29, 1.82) is 0 Å². The van der Waals surface area contributed by atoms with Crippen LogP contribution in [0.3, 0.4) is 0 Å². The lowest BCUT2D eigenvalue weighted by molar-refractivity contribution is -0.117. The van der Waals surface area contributed by atoms with Gasteiger partial charge in [-0.2, -0.15) is 0 Å². The quantitative estimate of drug-likeness (QED) is 0.791. The summed E-state index contributed by atoms with van der Waals surface area (Å²) >= 11 is 0. The van der Waals surface area contributed by atoms with Gasteiger partial charge in [0.15, 0.2) is 0 Å². The number of rotatable bonds is 4. The van der Waals surface area contributed by atoms with E-state index in [1.165, 1.54) is 0 Å². The number of anilines is 2. The first-order valence-electron chi connectivity index (χ1n) is 5.24. The van der Waals surface area contributed by atoms with E-state index in [0.717, 1.165) is 5.82 Å². The maximum atomic E-state index is 11.5. The summed E-state index contributed by atoms with van der Waals surface area (Å²) in [6.45, 7) is 1.87. The minimum absolute atomic E-state index is 0.179. The molecule has 3 N–H and O–H groups in total. The number of nitrogens with zero attached hydrogens (tertiary/aromatic N) is 2. The molecule has 0 fully saturated rings. The van der Waals surface area contributed by atoms with Crippen molar-refractivity contribution in [2.75, 3.05) is 24.3 Å². The molecule has 0 saturated heterocycles. The minimum Gasteiger partial charge on any atom is -0.363 e. The topological polar surface area (TPSA) is 71.2 Å². The highest BCUT2D eigenvalue weighted by molar-refractivity contribution is 5.94. The number of amides is 1. The Morgan fingerprint density at radius 2 is 2.25 bits per heavy atom. The molecular formula is C11H18N4O. The SMILES string of the molecule is CCC(N)C(=O)Nc1ccc(N(C)C)nc1. The largest absolute Gasteiger partial charge is 0.363 e. The third-order valence-corrected chi connectivity index (χ3v) is 2.25. The van der Waals surface area contributed by atoms with Crippen LogP contribution in [0.25, 0.3) is 0 Å². The van der Waals surface area contributed by atoms with Gasteiger partial charge in [-0.05, 0) is 18.6 Å². The highest BCUT2D eigenvalue weighted by Gasteiger charge is 2.10. The van der Waals surface area contributed by atoms with E-state index in [4.69, 9.17) is 5.73 Å². The van der Waals surface area contributed by atoms with Crippen molar-refractivity contribution in [3.05, 3.63) is 18.3 Å². The van der Waals surface area contributed by atoms with Crippen LogP contribution in [0.4, 0.5) is 11.5 Å². The highest BCUT2D eigenvalue weighted by atomic mass is 16.2. The number of aromatic nitrogens is 1. The van der Waals surface area contributed by atoms with Crippen molar-refractivity contribution in [3.63, 3.8) is 0 Å². The first-order chi connectivity index (χ1) is 7.54. The summed E-state index contributed by atoms with van der Waals surface area (Å²) in [5.74, 6) is 0.666. The lowest BCUT2D eigenvalue weighted by Crippen LogP contribution is -2.34. The molecule has 16 heavy (non-hydrogen) atoms. The Bertz CT molecular complexity index is 348. The predicted molar refractivity (Wildman–Crippen MR) is 65.5 cm³/mol. The highest BCUT2D eigenvalue weighted by Crippen LogP contribution is 2.11. The van der Waals surface area contributed by atoms with Crippen LogP contribution in [0.15, 0.2) is 18.3 Å². The molecule has 0 spiro atoms. The number of hydrogen-bond donors (Lipinski definition) is 2. The van der Waals surface area contributed by atoms with Gasteiger partial charge in [0, 0.05) is 14.1 Å². The van der Waals surface area contributed by atoms with Crippen molar-refractivity contribution in [2.24, 2.45) is 5.73 Å². The molecular weight excluding hydrogens is 204 g/mol. The van der Waals surface area contributed by atoms with Crippen LogP contribution in [-0.2, 0) is 4.79 Å². The first kappa shape index (κ1) is 12.4. The molecule has 0 saturated carbocycles. The normalized spacial score (nSPS) is 12.0. The molecule has 0 aliphatic heterocycles. The Hall–Kier alpha value is -1.62. The molecule has 0 aliphatic rings. The molecule has 1 aromatic heterocycles. The van der Waals surface area contributed by atoms with E-state index in [1.807, 2.05) is 38.1 Å². The van der Waals surface area contributed by atoms with Gasteiger partial charge in [0.1, 0.15) is 5.82 Å². The van der Waals surface area contributed by atoms with Crippen LogP contribution in [0, 0.1) is 0 Å². The standard InChI is InChI=1S/C11H18N4O/c1-4-9(12)11(16)14-8-5-6-10(13-7-8)15(2)3/h5-7,9H,4,12H2,1-3H3,(H,14,16). The summed E-state index contributed by atoms with van der Waals surface area (Å²) in [5, 5.41) is 2.71. The van der Waals surface area contributed by atoms with Gasteiger partial charge in [0.2, 0.25) is 5.91 Å². The van der Waals surface area contributed by atoms with Crippen LogP contribution in [0.5, 0.6) is 0 Å². The maximum absolute atomic E-state index is 11.5. The zero-order valence-electron chi connectivity index (χ0n) is 9.90. The Labute approximate surface area is 95.7 Å². The summed E-state index contributed by atoms with van der Waals surface area (Å²) in [5.41, 5.74) is 6.27. The Kier molecular flexibility index (Phi) is 4.25. The monoisotopic (exact) mass is 222 g/mol. The van der Waals surface area contributed by atoms with Crippen LogP contribution in [-0.4, -0.2) is 31.0 Å². The molecule has 1 amide bonds. The second-order valence-corrected chi connectivity index (χ2v) is 3.80. The van der Waals surface area contributed by atoms with Crippen molar-refractivity contribution >= 4 is 17.4 Å². The average molecular weight is 222 g/mol. The summed E-state index contributed by atoms with van der Waals surface area (Å²) in [4.78, 5) is 17.6. The number of pyridine rings is 1. The lowest BCUT2D eigenvalue weighted by Gasteiger charge is -2.13. The fraction of sp³-hybridized carbons (Fsp3) is 0.455. The van der Waals surface area contributed by atoms with Crippen LogP contribution in [0.1, 0.15) is 13.3 Å². The second kappa shape index (κ2) is 5.46. The molecule has 1 rings (SSSR count). The van der Waals surface area contributed by atoms with Crippen molar-refractivity contribution in [2.45, 2.75) is 19.4 Å². The van der Waals surface area contributed by atoms with Gasteiger partial charge in [0.05, 0.1) is 17.9 Å². The molecule has 1 unspecified atom stereocenters. The van der Waals surface area contributed by atoms with E-state index in [1.54, 1.807) is 6.20 Å². The lowest BCUT2D eigenvalue weighted by atomic mass is 10.2.